The summed E-state index contributed by atoms with van der Waals surface area (Å²) in [4.78, 5) is 25.7. The number of hydrogen-bond donors (Lipinski definition) is 3. The molecule has 0 bridgehead atoms. The Kier molecular flexibility index (Phi) is 5.12. The SMILES string of the molecule is CC(=O)N[C@@H]1CC(NC(C)(C)C)CC[C@@H]1N1CCC(N)C1=O. The molecule has 4 N–H and O–H groups in total. The molecule has 22 heavy (non-hydrogen) atoms. The topological polar surface area (TPSA) is 87.5 Å². The van der Waals surface area contributed by atoms with Crippen molar-refractivity contribution in [1.29, 1.82) is 0 Å². The minimum Gasteiger partial charge on any atom is -0.351 e. The molecule has 1 saturated heterocycles. The number of nitrogens with one attached hydrogen (secondary N) is 2. The molecule has 1 aliphatic heterocycles. The van der Waals surface area contributed by atoms with Crippen molar-refractivity contribution in [3.05, 3.63) is 0 Å². The van der Waals surface area contributed by atoms with E-state index in [-0.39, 0.29) is 35.5 Å². The molecule has 6 heteroatoms. The van der Waals surface area contributed by atoms with Gasteiger partial charge in [0.05, 0.1) is 18.1 Å². The van der Waals surface area contributed by atoms with Gasteiger partial charge in [0.25, 0.3) is 0 Å². The molecule has 0 aromatic rings. The normalized spacial score (nSPS) is 33.1. The third kappa shape index (κ3) is 4.20. The third-order valence-electron chi connectivity index (χ3n) is 4.52. The van der Waals surface area contributed by atoms with E-state index in [9.17, 15) is 9.59 Å². The average Bonchev–Trinajstić information content (AvgIpc) is 2.68. The summed E-state index contributed by atoms with van der Waals surface area (Å²) in [6.07, 6.45) is 3.47. The largest absolute Gasteiger partial charge is 0.351 e. The van der Waals surface area contributed by atoms with Gasteiger partial charge in [-0.3, -0.25) is 9.59 Å². The highest BCUT2D eigenvalue weighted by Gasteiger charge is 2.41. The number of amides is 2. The molecule has 2 unspecified atom stereocenters. The first-order valence-corrected chi connectivity index (χ1v) is 8.28. The predicted molar refractivity (Wildman–Crippen MR) is 86.2 cm³/mol. The smallest absolute Gasteiger partial charge is 0.239 e. The number of carbonyl (C=O) groups is 2. The van der Waals surface area contributed by atoms with E-state index < -0.39 is 0 Å². The summed E-state index contributed by atoms with van der Waals surface area (Å²) in [6.45, 7) is 8.69. The molecule has 4 atom stereocenters. The quantitative estimate of drug-likeness (QED) is 0.702. The van der Waals surface area contributed by atoms with Gasteiger partial charge in [-0.25, -0.2) is 0 Å². The molecule has 2 aliphatic rings. The van der Waals surface area contributed by atoms with Gasteiger partial charge >= 0.3 is 0 Å². The van der Waals surface area contributed by atoms with Crippen LogP contribution in [0.25, 0.3) is 0 Å². The lowest BCUT2D eigenvalue weighted by atomic mass is 9.84. The number of rotatable bonds is 3. The monoisotopic (exact) mass is 310 g/mol. The molecule has 0 spiro atoms. The van der Waals surface area contributed by atoms with Crippen LogP contribution in [0.3, 0.4) is 0 Å². The van der Waals surface area contributed by atoms with Crippen LogP contribution in [0.1, 0.15) is 53.4 Å². The van der Waals surface area contributed by atoms with Crippen LogP contribution in [0.2, 0.25) is 0 Å². The van der Waals surface area contributed by atoms with E-state index in [0.717, 1.165) is 19.3 Å². The Balaban J connectivity index is 2.07. The first-order valence-electron chi connectivity index (χ1n) is 8.28. The van der Waals surface area contributed by atoms with E-state index in [2.05, 4.69) is 31.4 Å². The standard InChI is InChI=1S/C16H30N4O2/c1-10(21)18-13-9-11(19-16(2,3)4)5-6-14(13)20-8-7-12(17)15(20)22/h11-14,19H,5-9,17H2,1-4H3,(H,18,21)/t11?,12?,13-,14+/m1/s1. The summed E-state index contributed by atoms with van der Waals surface area (Å²) in [5.74, 6) is -0.00932. The molecule has 2 fully saturated rings. The van der Waals surface area contributed by atoms with Crippen molar-refractivity contribution >= 4 is 11.8 Å². The predicted octanol–water partition coefficient (Wildman–Crippen LogP) is 0.360. The van der Waals surface area contributed by atoms with Gasteiger partial charge in [0.15, 0.2) is 0 Å². The van der Waals surface area contributed by atoms with Gasteiger partial charge in [0.2, 0.25) is 11.8 Å². The van der Waals surface area contributed by atoms with Gasteiger partial charge in [-0.15, -0.1) is 0 Å². The number of hydrogen-bond acceptors (Lipinski definition) is 4. The lowest BCUT2D eigenvalue weighted by Gasteiger charge is -2.43. The molecular formula is C16H30N4O2. The zero-order chi connectivity index (χ0) is 16.5. The molecular weight excluding hydrogens is 280 g/mol. The minimum atomic E-state index is -0.372. The maximum absolute atomic E-state index is 12.2. The van der Waals surface area contributed by atoms with Crippen molar-refractivity contribution in [2.75, 3.05) is 6.54 Å². The summed E-state index contributed by atoms with van der Waals surface area (Å²) in [5.41, 5.74) is 5.89. The second-order valence-electron chi connectivity index (χ2n) is 7.71. The Morgan fingerprint density at radius 1 is 1.27 bits per heavy atom. The summed E-state index contributed by atoms with van der Waals surface area (Å²) in [5, 5.41) is 6.66. The van der Waals surface area contributed by atoms with Crippen LogP contribution in [0, 0.1) is 0 Å². The molecule has 1 heterocycles. The number of nitrogens with two attached hydrogens (primary N) is 1. The van der Waals surface area contributed by atoms with Gasteiger partial charge in [-0.05, 0) is 46.5 Å². The minimum absolute atomic E-state index is 0.000324. The number of carbonyl (C=O) groups excluding carboxylic acids is 2. The first kappa shape index (κ1) is 17.2. The molecule has 2 amide bonds. The summed E-state index contributed by atoms with van der Waals surface area (Å²) in [6, 6.07) is 0.0613. The van der Waals surface area contributed by atoms with Crippen LogP contribution in [0.4, 0.5) is 0 Å². The highest BCUT2D eigenvalue weighted by molar-refractivity contribution is 5.84. The van der Waals surface area contributed by atoms with Crippen molar-refractivity contribution in [2.24, 2.45) is 5.73 Å². The Hall–Kier alpha value is -1.14. The molecule has 6 nitrogen and oxygen atoms in total. The summed E-state index contributed by atoms with van der Waals surface area (Å²) in [7, 11) is 0. The average molecular weight is 310 g/mol. The van der Waals surface area contributed by atoms with E-state index in [4.69, 9.17) is 5.73 Å². The first-order chi connectivity index (χ1) is 10.2. The van der Waals surface area contributed by atoms with Crippen molar-refractivity contribution in [3.8, 4) is 0 Å². The van der Waals surface area contributed by atoms with Crippen LogP contribution in [-0.4, -0.2) is 53.0 Å². The molecule has 1 saturated carbocycles. The Labute approximate surface area is 133 Å². The van der Waals surface area contributed by atoms with Gasteiger partial charge in [-0.2, -0.15) is 0 Å². The maximum atomic E-state index is 12.2. The van der Waals surface area contributed by atoms with Crippen molar-refractivity contribution in [3.63, 3.8) is 0 Å². The van der Waals surface area contributed by atoms with Gasteiger partial charge in [-0.1, -0.05) is 0 Å². The van der Waals surface area contributed by atoms with E-state index in [1.807, 2.05) is 4.90 Å². The number of likely N-dealkylation sites (tertiary alicyclic amines) is 1. The van der Waals surface area contributed by atoms with Crippen LogP contribution in [0.5, 0.6) is 0 Å². The second kappa shape index (κ2) is 6.54. The zero-order valence-electron chi connectivity index (χ0n) is 14.2. The maximum Gasteiger partial charge on any atom is 0.239 e. The Morgan fingerprint density at radius 2 is 1.95 bits per heavy atom. The van der Waals surface area contributed by atoms with E-state index >= 15 is 0 Å². The fourth-order valence-electron chi connectivity index (χ4n) is 3.74. The highest BCUT2D eigenvalue weighted by Crippen LogP contribution is 2.28. The Morgan fingerprint density at radius 3 is 2.45 bits per heavy atom. The van der Waals surface area contributed by atoms with Crippen molar-refractivity contribution in [2.45, 2.75) is 83.1 Å². The summed E-state index contributed by atoms with van der Waals surface area (Å²) >= 11 is 0. The van der Waals surface area contributed by atoms with E-state index in [0.29, 0.717) is 19.0 Å². The van der Waals surface area contributed by atoms with Crippen LogP contribution < -0.4 is 16.4 Å². The summed E-state index contributed by atoms with van der Waals surface area (Å²) < 4.78 is 0. The number of nitrogens with zero attached hydrogens (tertiary/aromatic N) is 1. The van der Waals surface area contributed by atoms with Gasteiger partial charge in [0, 0.05) is 25.0 Å². The van der Waals surface area contributed by atoms with Crippen molar-refractivity contribution < 1.29 is 9.59 Å². The molecule has 1 aliphatic carbocycles. The van der Waals surface area contributed by atoms with E-state index in [1.54, 1.807) is 0 Å². The fraction of sp³-hybridized carbons (Fsp3) is 0.875. The van der Waals surface area contributed by atoms with Crippen LogP contribution in [0.15, 0.2) is 0 Å². The van der Waals surface area contributed by atoms with Gasteiger partial charge < -0.3 is 21.3 Å². The highest BCUT2D eigenvalue weighted by atomic mass is 16.2. The van der Waals surface area contributed by atoms with Crippen LogP contribution in [-0.2, 0) is 9.59 Å². The second-order valence-corrected chi connectivity index (χ2v) is 7.71. The molecule has 126 valence electrons. The fourth-order valence-corrected chi connectivity index (χ4v) is 3.74. The molecule has 2 rings (SSSR count). The third-order valence-corrected chi connectivity index (χ3v) is 4.52. The van der Waals surface area contributed by atoms with Crippen LogP contribution >= 0.6 is 0 Å². The molecule has 0 aromatic carbocycles. The molecule has 0 aromatic heterocycles. The molecule has 0 radical (unpaired) electrons. The zero-order valence-corrected chi connectivity index (χ0v) is 14.2. The van der Waals surface area contributed by atoms with Gasteiger partial charge in [0.1, 0.15) is 0 Å². The Bertz CT molecular complexity index is 432. The van der Waals surface area contributed by atoms with Crippen molar-refractivity contribution in [1.82, 2.24) is 15.5 Å². The lowest BCUT2D eigenvalue weighted by molar-refractivity contribution is -0.133. The van der Waals surface area contributed by atoms with E-state index in [1.165, 1.54) is 6.92 Å². The lowest BCUT2D eigenvalue weighted by Crippen LogP contribution is -2.59.